The molecule has 0 fully saturated rings. The summed E-state index contributed by atoms with van der Waals surface area (Å²) in [6.45, 7) is 0. The van der Waals surface area contributed by atoms with Gasteiger partial charge in [0.1, 0.15) is 34.1 Å². The number of thiophene rings is 1. The summed E-state index contributed by atoms with van der Waals surface area (Å²) in [6.07, 6.45) is 1.76. The van der Waals surface area contributed by atoms with E-state index in [0.717, 1.165) is 32.4 Å². The molecular weight excluding hydrogens is 432 g/mol. The van der Waals surface area contributed by atoms with Crippen molar-refractivity contribution in [3.8, 4) is 29.3 Å². The monoisotopic (exact) mass is 448 g/mol. The van der Waals surface area contributed by atoms with Crippen molar-refractivity contribution in [2.45, 2.75) is 0 Å². The van der Waals surface area contributed by atoms with Gasteiger partial charge < -0.3 is 9.30 Å². The third-order valence-electron chi connectivity index (χ3n) is 5.66. The second-order valence-corrected chi connectivity index (χ2v) is 8.53. The Morgan fingerprint density at radius 2 is 1.79 bits per heavy atom. The van der Waals surface area contributed by atoms with Crippen LogP contribution in [0.4, 0.5) is 0 Å². The first-order valence-electron chi connectivity index (χ1n) is 10.1. The summed E-state index contributed by atoms with van der Waals surface area (Å²) in [4.78, 5) is 19.6. The van der Waals surface area contributed by atoms with Crippen LogP contribution < -0.4 is 4.74 Å². The molecule has 1 aliphatic rings. The van der Waals surface area contributed by atoms with Crippen LogP contribution in [0.2, 0.25) is 0 Å². The van der Waals surface area contributed by atoms with Crippen molar-refractivity contribution < 1.29 is 9.53 Å². The third-order valence-corrected chi connectivity index (χ3v) is 6.63. The topological polar surface area (TPSA) is 91.7 Å². The number of aromatic nitrogens is 2. The van der Waals surface area contributed by atoms with Crippen molar-refractivity contribution in [2.75, 3.05) is 7.11 Å². The molecule has 5 rings (SSSR count). The molecule has 2 aromatic heterocycles. The number of fused-ring (bicyclic) bond motifs is 2. The number of benzene rings is 2. The smallest absolute Gasteiger partial charge is 0.194 e. The third kappa shape index (κ3) is 3.23. The van der Waals surface area contributed by atoms with E-state index in [1.165, 1.54) is 11.3 Å². The highest BCUT2D eigenvalue weighted by atomic mass is 32.1. The van der Waals surface area contributed by atoms with Gasteiger partial charge in [0.05, 0.1) is 12.6 Å². The zero-order chi connectivity index (χ0) is 23.1. The Morgan fingerprint density at radius 1 is 1.09 bits per heavy atom. The minimum absolute atomic E-state index is 0.0689. The van der Waals surface area contributed by atoms with Crippen LogP contribution >= 0.6 is 11.3 Å². The quantitative estimate of drug-likeness (QED) is 0.309. The van der Waals surface area contributed by atoms with Crippen LogP contribution in [0.1, 0.15) is 20.8 Å². The minimum atomic E-state index is -0.187. The molecule has 158 valence electrons. The van der Waals surface area contributed by atoms with Crippen LogP contribution in [0.25, 0.3) is 33.4 Å². The number of imidazole rings is 1. The summed E-state index contributed by atoms with van der Waals surface area (Å²) < 4.78 is 7.24. The summed E-state index contributed by atoms with van der Waals surface area (Å²) in [5.41, 5.74) is 3.71. The molecule has 0 unspecified atom stereocenters. The van der Waals surface area contributed by atoms with E-state index >= 15 is 0 Å². The van der Waals surface area contributed by atoms with E-state index in [9.17, 15) is 15.3 Å². The van der Waals surface area contributed by atoms with Gasteiger partial charge in [-0.15, -0.1) is 11.3 Å². The fourth-order valence-electron chi connectivity index (χ4n) is 4.05. The number of ketones is 1. The molecular formula is C26H16N4O2S. The van der Waals surface area contributed by atoms with Gasteiger partial charge in [-0.25, -0.2) is 4.98 Å². The summed E-state index contributed by atoms with van der Waals surface area (Å²) in [5, 5.41) is 19.0. The van der Waals surface area contributed by atoms with Crippen molar-refractivity contribution in [3.63, 3.8) is 0 Å². The van der Waals surface area contributed by atoms with E-state index in [-0.39, 0.29) is 11.4 Å². The number of methoxy groups -OCH3 is 1. The Balaban J connectivity index is 1.61. The number of aryl methyl sites for hydroxylation is 1. The number of hydrogen-bond donors (Lipinski definition) is 0. The highest BCUT2D eigenvalue weighted by Crippen LogP contribution is 2.41. The van der Waals surface area contributed by atoms with Gasteiger partial charge in [-0.05, 0) is 42.0 Å². The molecule has 6 nitrogen and oxygen atoms in total. The average molecular weight is 449 g/mol. The van der Waals surface area contributed by atoms with Gasteiger partial charge in [-0.1, -0.05) is 24.3 Å². The molecule has 0 radical (unpaired) electrons. The van der Waals surface area contributed by atoms with Gasteiger partial charge >= 0.3 is 0 Å². The predicted octanol–water partition coefficient (Wildman–Crippen LogP) is 5.39. The van der Waals surface area contributed by atoms with Gasteiger partial charge in [0.25, 0.3) is 0 Å². The Kier molecular flexibility index (Phi) is 4.90. The molecule has 33 heavy (non-hydrogen) atoms. The lowest BCUT2D eigenvalue weighted by Gasteiger charge is -2.04. The van der Waals surface area contributed by atoms with E-state index in [4.69, 9.17) is 9.72 Å². The lowest BCUT2D eigenvalue weighted by atomic mass is 9.99. The number of hydrogen-bond acceptors (Lipinski definition) is 6. The Morgan fingerprint density at radius 3 is 2.42 bits per heavy atom. The summed E-state index contributed by atoms with van der Waals surface area (Å²) in [5.74, 6) is 1.43. The van der Waals surface area contributed by atoms with Gasteiger partial charge in [0.2, 0.25) is 0 Å². The zero-order valence-corrected chi connectivity index (χ0v) is 18.6. The molecule has 0 atom stereocenters. The molecule has 7 heteroatoms. The maximum Gasteiger partial charge on any atom is 0.194 e. The molecule has 1 aliphatic carbocycles. The van der Waals surface area contributed by atoms with Crippen molar-refractivity contribution in [1.82, 2.24) is 9.55 Å². The van der Waals surface area contributed by atoms with Gasteiger partial charge in [0.15, 0.2) is 5.78 Å². The molecule has 0 N–H and O–H groups in total. The minimum Gasteiger partial charge on any atom is -0.497 e. The molecule has 0 saturated heterocycles. The highest BCUT2D eigenvalue weighted by Gasteiger charge is 2.32. The molecule has 4 aromatic rings. The van der Waals surface area contributed by atoms with Crippen molar-refractivity contribution >= 4 is 39.1 Å². The SMILES string of the molecule is COc1ccc(-c2nc3sc(/C=C4\C(=O)c5ccccc5C4=C(C#N)C#N)cc3n2C)cc1. The number of carbonyl (C=O) groups excluding carboxylic acids is 1. The average Bonchev–Trinajstić information content (AvgIpc) is 3.47. The molecule has 0 bridgehead atoms. The lowest BCUT2D eigenvalue weighted by Crippen LogP contribution is -1.95. The number of nitrogens with zero attached hydrogens (tertiary/aromatic N) is 4. The van der Waals surface area contributed by atoms with E-state index in [2.05, 4.69) is 0 Å². The summed E-state index contributed by atoms with van der Waals surface area (Å²) in [6, 6.07) is 20.6. The first-order chi connectivity index (χ1) is 16.0. The van der Waals surface area contributed by atoms with Crippen LogP contribution in [0.5, 0.6) is 5.75 Å². The second-order valence-electron chi connectivity index (χ2n) is 7.47. The normalized spacial score (nSPS) is 13.8. The van der Waals surface area contributed by atoms with E-state index in [1.54, 1.807) is 37.5 Å². The van der Waals surface area contributed by atoms with Crippen LogP contribution in [-0.2, 0) is 7.05 Å². The summed E-state index contributed by atoms with van der Waals surface area (Å²) >= 11 is 1.46. The van der Waals surface area contributed by atoms with Crippen molar-refractivity contribution in [2.24, 2.45) is 7.05 Å². The van der Waals surface area contributed by atoms with Crippen LogP contribution in [-0.4, -0.2) is 22.4 Å². The van der Waals surface area contributed by atoms with E-state index < -0.39 is 0 Å². The Labute approximate surface area is 193 Å². The molecule has 0 aliphatic heterocycles. The predicted molar refractivity (Wildman–Crippen MR) is 127 cm³/mol. The maximum absolute atomic E-state index is 13.1. The lowest BCUT2D eigenvalue weighted by molar-refractivity contribution is 0.104. The van der Waals surface area contributed by atoms with Gasteiger partial charge in [-0.3, -0.25) is 4.79 Å². The highest BCUT2D eigenvalue weighted by molar-refractivity contribution is 7.19. The number of carbonyl (C=O) groups is 1. The second kappa shape index (κ2) is 7.90. The molecule has 2 aromatic carbocycles. The molecule has 0 spiro atoms. The number of allylic oxidation sites excluding steroid dienone is 3. The first-order valence-corrected chi connectivity index (χ1v) is 10.9. The van der Waals surface area contributed by atoms with Crippen molar-refractivity contribution in [3.05, 3.63) is 81.7 Å². The maximum atomic E-state index is 13.1. The zero-order valence-electron chi connectivity index (χ0n) is 17.8. The van der Waals surface area contributed by atoms with Crippen LogP contribution in [0, 0.1) is 22.7 Å². The Hall–Kier alpha value is -4.46. The molecule has 0 saturated carbocycles. The standard InChI is InChI=1S/C26H16N4O2S/c1-30-22-12-18(33-26(22)29-25(30)15-7-9-17(32-2)10-8-15)11-21-23(16(13-27)14-28)19-5-3-4-6-20(19)24(21)31/h3-12H,1-2H3/b21-11-. The first kappa shape index (κ1) is 20.4. The number of Topliss-reactive ketones (excluding diaryl/α,β-unsaturated/α-hetero) is 1. The van der Waals surface area contributed by atoms with Gasteiger partial charge in [0, 0.05) is 34.2 Å². The number of rotatable bonds is 3. The largest absolute Gasteiger partial charge is 0.497 e. The summed E-state index contributed by atoms with van der Waals surface area (Å²) in [7, 11) is 3.58. The fraction of sp³-hybridized carbons (Fsp3) is 0.0769. The van der Waals surface area contributed by atoms with E-state index in [0.29, 0.717) is 22.3 Å². The Bertz CT molecular complexity index is 1570. The van der Waals surface area contributed by atoms with Crippen LogP contribution in [0.3, 0.4) is 0 Å². The number of nitriles is 2. The van der Waals surface area contributed by atoms with Crippen LogP contribution in [0.15, 0.2) is 65.7 Å². The van der Waals surface area contributed by atoms with E-state index in [1.807, 2.05) is 54.1 Å². The number of ether oxygens (including phenoxy) is 1. The van der Waals surface area contributed by atoms with Crippen molar-refractivity contribution in [1.29, 1.82) is 10.5 Å². The molecule has 0 amide bonds. The molecule has 2 heterocycles. The van der Waals surface area contributed by atoms with Gasteiger partial charge in [-0.2, -0.15) is 10.5 Å². The fourth-order valence-corrected chi connectivity index (χ4v) is 5.06.